The van der Waals surface area contributed by atoms with Crippen LogP contribution in [0, 0.1) is 12.8 Å². The predicted octanol–water partition coefficient (Wildman–Crippen LogP) is 1.01. The maximum atomic E-state index is 12.6. The molecule has 0 aromatic carbocycles. The van der Waals surface area contributed by atoms with Gasteiger partial charge < -0.3 is 10.2 Å². The second-order valence-electron chi connectivity index (χ2n) is 5.86. The third-order valence-corrected chi connectivity index (χ3v) is 4.69. The van der Waals surface area contributed by atoms with Crippen molar-refractivity contribution in [1.82, 2.24) is 20.0 Å². The van der Waals surface area contributed by atoms with Crippen LogP contribution in [0.4, 0.5) is 0 Å². The Labute approximate surface area is 128 Å². The molecule has 0 radical (unpaired) electrons. The Bertz CT molecular complexity index is 594. The highest BCUT2D eigenvalue weighted by atomic mass is 35.5. The Morgan fingerprint density at radius 2 is 2.10 bits per heavy atom. The summed E-state index contributed by atoms with van der Waals surface area (Å²) < 4.78 is 1.71. The molecule has 1 aromatic heterocycles. The van der Waals surface area contributed by atoms with Crippen LogP contribution < -0.4 is 5.32 Å². The molecule has 1 saturated carbocycles. The van der Waals surface area contributed by atoms with E-state index in [4.69, 9.17) is 11.6 Å². The highest BCUT2D eigenvalue weighted by Gasteiger charge is 2.41. The molecule has 1 aliphatic heterocycles. The van der Waals surface area contributed by atoms with E-state index in [-0.39, 0.29) is 17.9 Å². The first-order valence-electron chi connectivity index (χ1n) is 7.23. The smallest absolute Gasteiger partial charge is 0.245 e. The van der Waals surface area contributed by atoms with E-state index in [9.17, 15) is 9.59 Å². The summed E-state index contributed by atoms with van der Waals surface area (Å²) >= 11 is 6.26. The number of aryl methyl sites for hydroxylation is 2. The summed E-state index contributed by atoms with van der Waals surface area (Å²) in [7, 11) is 1.82. The number of aromatic nitrogens is 2. The summed E-state index contributed by atoms with van der Waals surface area (Å²) in [5.74, 6) is 0.249. The highest BCUT2D eigenvalue weighted by Crippen LogP contribution is 2.34. The van der Waals surface area contributed by atoms with Crippen molar-refractivity contribution < 1.29 is 9.59 Å². The zero-order chi connectivity index (χ0) is 15.1. The maximum Gasteiger partial charge on any atom is 0.245 e. The van der Waals surface area contributed by atoms with E-state index < -0.39 is 0 Å². The molecule has 2 aliphatic rings. The van der Waals surface area contributed by atoms with Gasteiger partial charge in [0, 0.05) is 20.0 Å². The van der Waals surface area contributed by atoms with E-state index in [1.807, 2.05) is 14.0 Å². The van der Waals surface area contributed by atoms with Gasteiger partial charge in [-0.3, -0.25) is 14.3 Å². The van der Waals surface area contributed by atoms with Crippen molar-refractivity contribution in [3.05, 3.63) is 16.4 Å². The van der Waals surface area contributed by atoms with Crippen molar-refractivity contribution in [2.24, 2.45) is 13.0 Å². The van der Waals surface area contributed by atoms with Gasteiger partial charge in [-0.05, 0) is 25.7 Å². The zero-order valence-electron chi connectivity index (χ0n) is 12.2. The van der Waals surface area contributed by atoms with Gasteiger partial charge >= 0.3 is 0 Å². The summed E-state index contributed by atoms with van der Waals surface area (Å²) in [6.45, 7) is 2.66. The fourth-order valence-electron chi connectivity index (χ4n) is 2.79. The number of nitrogens with one attached hydrogen (secondary N) is 1. The van der Waals surface area contributed by atoms with E-state index in [1.165, 1.54) is 0 Å². The topological polar surface area (TPSA) is 67.2 Å². The van der Waals surface area contributed by atoms with E-state index >= 15 is 0 Å². The molecule has 1 N–H and O–H groups in total. The molecule has 1 aromatic rings. The lowest BCUT2D eigenvalue weighted by Gasteiger charge is -2.24. The standard InChI is InChI=1S/C14H19ClN4O2/c1-8-12(15)10(18(2)17-8)7-19-6-5-11(20)16-13(14(19)21)9-3-4-9/h9,13H,3-7H2,1-2H3,(H,16,20). The van der Waals surface area contributed by atoms with Crippen molar-refractivity contribution in [3.63, 3.8) is 0 Å². The minimum Gasteiger partial charge on any atom is -0.344 e. The van der Waals surface area contributed by atoms with Crippen LogP contribution >= 0.6 is 11.6 Å². The number of amides is 2. The minimum atomic E-state index is -0.368. The zero-order valence-corrected chi connectivity index (χ0v) is 13.0. The number of carbonyl (C=O) groups is 2. The number of hydrogen-bond donors (Lipinski definition) is 1. The van der Waals surface area contributed by atoms with E-state index in [2.05, 4.69) is 10.4 Å². The number of nitrogens with zero attached hydrogens (tertiary/aromatic N) is 3. The van der Waals surface area contributed by atoms with Gasteiger partial charge in [0.2, 0.25) is 11.8 Å². The Hall–Kier alpha value is -1.56. The van der Waals surface area contributed by atoms with E-state index in [1.54, 1.807) is 9.58 Å². The molecule has 1 atom stereocenters. The molecule has 114 valence electrons. The third-order valence-electron chi connectivity index (χ3n) is 4.20. The Balaban J connectivity index is 1.82. The number of hydrogen-bond acceptors (Lipinski definition) is 3. The number of rotatable bonds is 3. The normalized spacial score (nSPS) is 23.2. The summed E-state index contributed by atoms with van der Waals surface area (Å²) in [6, 6.07) is -0.368. The first kappa shape index (κ1) is 14.4. The predicted molar refractivity (Wildman–Crippen MR) is 77.6 cm³/mol. The summed E-state index contributed by atoms with van der Waals surface area (Å²) in [6.07, 6.45) is 2.36. The lowest BCUT2D eigenvalue weighted by atomic mass is 10.1. The summed E-state index contributed by atoms with van der Waals surface area (Å²) in [4.78, 5) is 26.1. The molecule has 6 nitrogen and oxygen atoms in total. The van der Waals surface area contributed by atoms with Crippen LogP contribution in [-0.2, 0) is 23.2 Å². The van der Waals surface area contributed by atoms with Crippen LogP contribution in [0.2, 0.25) is 5.02 Å². The summed E-state index contributed by atoms with van der Waals surface area (Å²) in [5.41, 5.74) is 1.57. The molecule has 1 unspecified atom stereocenters. The monoisotopic (exact) mass is 310 g/mol. The van der Waals surface area contributed by atoms with Gasteiger partial charge in [-0.15, -0.1) is 0 Å². The van der Waals surface area contributed by atoms with Crippen LogP contribution in [0.5, 0.6) is 0 Å². The van der Waals surface area contributed by atoms with Crippen LogP contribution in [0.3, 0.4) is 0 Å². The van der Waals surface area contributed by atoms with Gasteiger partial charge in [0.15, 0.2) is 0 Å². The van der Waals surface area contributed by atoms with Gasteiger partial charge in [0.25, 0.3) is 0 Å². The molecule has 0 spiro atoms. The molecule has 2 fully saturated rings. The summed E-state index contributed by atoms with van der Waals surface area (Å²) in [5, 5.41) is 7.72. The lowest BCUT2D eigenvalue weighted by Crippen LogP contribution is -2.46. The number of carbonyl (C=O) groups excluding carboxylic acids is 2. The quantitative estimate of drug-likeness (QED) is 0.906. The van der Waals surface area contributed by atoms with E-state index in [0.29, 0.717) is 30.5 Å². The first-order chi connectivity index (χ1) is 9.97. The van der Waals surface area contributed by atoms with Crippen LogP contribution in [-0.4, -0.2) is 39.1 Å². The second kappa shape index (κ2) is 5.33. The maximum absolute atomic E-state index is 12.6. The van der Waals surface area contributed by atoms with Crippen molar-refractivity contribution in [1.29, 1.82) is 0 Å². The third kappa shape index (κ3) is 2.77. The van der Waals surface area contributed by atoms with Gasteiger partial charge in [-0.2, -0.15) is 5.10 Å². The molecule has 1 aliphatic carbocycles. The molecule has 0 bridgehead atoms. The Morgan fingerprint density at radius 3 is 2.67 bits per heavy atom. The average Bonchev–Trinajstić information content (AvgIpc) is 3.24. The second-order valence-corrected chi connectivity index (χ2v) is 6.24. The van der Waals surface area contributed by atoms with Gasteiger partial charge in [-0.25, -0.2) is 0 Å². The van der Waals surface area contributed by atoms with Crippen molar-refractivity contribution in [3.8, 4) is 0 Å². The molecule has 21 heavy (non-hydrogen) atoms. The van der Waals surface area contributed by atoms with Crippen molar-refractivity contribution in [2.45, 2.75) is 38.8 Å². The molecule has 2 amide bonds. The van der Waals surface area contributed by atoms with Gasteiger partial charge in [-0.1, -0.05) is 11.6 Å². The van der Waals surface area contributed by atoms with Gasteiger partial charge in [0.1, 0.15) is 6.04 Å². The molecule has 2 heterocycles. The first-order valence-corrected chi connectivity index (χ1v) is 7.61. The molecule has 3 rings (SSSR count). The fraction of sp³-hybridized carbons (Fsp3) is 0.643. The Kier molecular flexibility index (Phi) is 3.65. The van der Waals surface area contributed by atoms with Crippen LogP contribution in [0.25, 0.3) is 0 Å². The fourth-order valence-corrected chi connectivity index (χ4v) is 3.01. The highest BCUT2D eigenvalue weighted by molar-refractivity contribution is 6.31. The average molecular weight is 311 g/mol. The molecule has 7 heteroatoms. The van der Waals surface area contributed by atoms with Crippen molar-refractivity contribution in [2.75, 3.05) is 6.54 Å². The Morgan fingerprint density at radius 1 is 1.38 bits per heavy atom. The van der Waals surface area contributed by atoms with Crippen LogP contribution in [0.1, 0.15) is 30.7 Å². The van der Waals surface area contributed by atoms with Crippen LogP contribution in [0.15, 0.2) is 0 Å². The van der Waals surface area contributed by atoms with E-state index in [0.717, 1.165) is 24.2 Å². The number of halogens is 1. The molecule has 1 saturated heterocycles. The minimum absolute atomic E-state index is 0.00160. The molecular weight excluding hydrogens is 292 g/mol. The van der Waals surface area contributed by atoms with Crippen molar-refractivity contribution >= 4 is 23.4 Å². The SMILES string of the molecule is Cc1nn(C)c(CN2CCC(=O)NC(C3CC3)C2=O)c1Cl. The molecular formula is C14H19ClN4O2. The lowest BCUT2D eigenvalue weighted by molar-refractivity contribution is -0.134. The largest absolute Gasteiger partial charge is 0.344 e. The van der Waals surface area contributed by atoms with Gasteiger partial charge in [0.05, 0.1) is 23.0 Å².